The largest absolute Gasteiger partial charge is 0.497 e. The van der Waals surface area contributed by atoms with Crippen molar-refractivity contribution < 1.29 is 24.2 Å². The highest BCUT2D eigenvalue weighted by Crippen LogP contribution is 2.34. The summed E-state index contributed by atoms with van der Waals surface area (Å²) in [6.07, 6.45) is 0. The topological polar surface area (TPSA) is 84.9 Å². The molecule has 0 bridgehead atoms. The molecule has 3 aromatic carbocycles. The number of rotatable bonds is 7. The number of aromatic carboxylic acids is 1. The molecule has 4 rings (SSSR count). The van der Waals surface area contributed by atoms with Crippen LogP contribution < -0.4 is 14.8 Å². The van der Waals surface area contributed by atoms with Crippen LogP contribution in [0.15, 0.2) is 78.9 Å². The Morgan fingerprint density at radius 1 is 0.818 bits per heavy atom. The zero-order chi connectivity index (χ0) is 23.4. The SMILES string of the molecule is COc1cc(OC)cc(-c2cccc(C(=O)Nc3ccccc3-c3ccc(C(=O)O)s3)c2)c1. The van der Waals surface area contributed by atoms with E-state index in [1.807, 2.05) is 42.5 Å². The summed E-state index contributed by atoms with van der Waals surface area (Å²) < 4.78 is 10.7. The zero-order valence-electron chi connectivity index (χ0n) is 18.0. The minimum atomic E-state index is -0.973. The number of para-hydroxylation sites is 1. The van der Waals surface area contributed by atoms with E-state index in [2.05, 4.69) is 5.32 Å². The second kappa shape index (κ2) is 9.58. The number of benzene rings is 3. The number of methoxy groups -OCH3 is 2. The second-order valence-electron chi connectivity index (χ2n) is 7.15. The van der Waals surface area contributed by atoms with E-state index in [4.69, 9.17) is 9.47 Å². The third-order valence-electron chi connectivity index (χ3n) is 5.07. The average Bonchev–Trinajstić information content (AvgIpc) is 3.34. The van der Waals surface area contributed by atoms with E-state index >= 15 is 0 Å². The minimum absolute atomic E-state index is 0.243. The Labute approximate surface area is 195 Å². The van der Waals surface area contributed by atoms with Crippen LogP contribution in [0, 0.1) is 0 Å². The number of thiophene rings is 1. The highest BCUT2D eigenvalue weighted by atomic mass is 32.1. The number of carboxylic acid groups (broad SMARTS) is 1. The molecule has 0 saturated carbocycles. The van der Waals surface area contributed by atoms with Gasteiger partial charge in [-0.1, -0.05) is 30.3 Å². The summed E-state index contributed by atoms with van der Waals surface area (Å²) in [4.78, 5) is 25.3. The van der Waals surface area contributed by atoms with E-state index in [0.717, 1.165) is 32.9 Å². The lowest BCUT2D eigenvalue weighted by Gasteiger charge is -2.12. The van der Waals surface area contributed by atoms with Crippen molar-refractivity contribution in [3.05, 3.63) is 89.3 Å². The van der Waals surface area contributed by atoms with Crippen LogP contribution in [0.4, 0.5) is 5.69 Å². The van der Waals surface area contributed by atoms with Gasteiger partial charge in [-0.3, -0.25) is 4.79 Å². The molecular weight excluding hydrogens is 438 g/mol. The number of carboxylic acids is 1. The number of hydrogen-bond acceptors (Lipinski definition) is 5. The smallest absolute Gasteiger partial charge is 0.345 e. The van der Waals surface area contributed by atoms with Crippen LogP contribution in [0.3, 0.4) is 0 Å². The molecule has 0 fully saturated rings. The van der Waals surface area contributed by atoms with Crippen molar-refractivity contribution in [2.75, 3.05) is 19.5 Å². The minimum Gasteiger partial charge on any atom is -0.497 e. The van der Waals surface area contributed by atoms with E-state index in [-0.39, 0.29) is 10.8 Å². The van der Waals surface area contributed by atoms with Crippen molar-refractivity contribution in [2.45, 2.75) is 0 Å². The van der Waals surface area contributed by atoms with Gasteiger partial charge in [-0.05, 0) is 53.6 Å². The van der Waals surface area contributed by atoms with Crippen LogP contribution in [0.25, 0.3) is 21.6 Å². The highest BCUT2D eigenvalue weighted by Gasteiger charge is 2.14. The monoisotopic (exact) mass is 459 g/mol. The molecule has 0 aliphatic rings. The first-order valence-corrected chi connectivity index (χ1v) is 10.9. The third kappa shape index (κ3) is 4.88. The predicted octanol–water partition coefficient (Wildman–Crippen LogP) is 6.05. The fraction of sp³-hybridized carbons (Fsp3) is 0.0769. The van der Waals surface area contributed by atoms with Crippen molar-refractivity contribution in [2.24, 2.45) is 0 Å². The molecule has 2 N–H and O–H groups in total. The van der Waals surface area contributed by atoms with Crippen molar-refractivity contribution in [1.29, 1.82) is 0 Å². The lowest BCUT2D eigenvalue weighted by molar-refractivity contribution is 0.0702. The van der Waals surface area contributed by atoms with Gasteiger partial charge in [0.05, 0.1) is 14.2 Å². The number of nitrogens with one attached hydrogen (secondary N) is 1. The Balaban J connectivity index is 1.63. The maximum atomic E-state index is 13.1. The van der Waals surface area contributed by atoms with Crippen LogP contribution >= 0.6 is 11.3 Å². The van der Waals surface area contributed by atoms with E-state index in [9.17, 15) is 14.7 Å². The van der Waals surface area contributed by atoms with Gasteiger partial charge in [0.25, 0.3) is 5.91 Å². The predicted molar refractivity (Wildman–Crippen MR) is 130 cm³/mol. The van der Waals surface area contributed by atoms with Gasteiger partial charge in [0.1, 0.15) is 16.4 Å². The highest BCUT2D eigenvalue weighted by molar-refractivity contribution is 7.17. The quantitative estimate of drug-likeness (QED) is 0.351. The van der Waals surface area contributed by atoms with Gasteiger partial charge in [0.15, 0.2) is 0 Å². The molecule has 0 saturated heterocycles. The van der Waals surface area contributed by atoms with Crippen molar-refractivity contribution in [3.63, 3.8) is 0 Å². The van der Waals surface area contributed by atoms with Crippen molar-refractivity contribution in [3.8, 4) is 33.1 Å². The fourth-order valence-electron chi connectivity index (χ4n) is 3.41. The number of carbonyl (C=O) groups excluding carboxylic acids is 1. The summed E-state index contributed by atoms with van der Waals surface area (Å²) >= 11 is 1.16. The van der Waals surface area contributed by atoms with Crippen molar-refractivity contribution >= 4 is 28.9 Å². The van der Waals surface area contributed by atoms with Crippen molar-refractivity contribution in [1.82, 2.24) is 0 Å². The molecule has 33 heavy (non-hydrogen) atoms. The van der Waals surface area contributed by atoms with Crippen LogP contribution in [0.1, 0.15) is 20.0 Å². The second-order valence-corrected chi connectivity index (χ2v) is 8.23. The summed E-state index contributed by atoms with van der Waals surface area (Å²) in [7, 11) is 3.18. The summed E-state index contributed by atoms with van der Waals surface area (Å²) in [5.41, 5.74) is 3.56. The zero-order valence-corrected chi connectivity index (χ0v) is 18.8. The van der Waals surface area contributed by atoms with Gasteiger partial charge in [0.2, 0.25) is 0 Å². The Bertz CT molecular complexity index is 1310. The molecule has 4 aromatic rings. The first kappa shape index (κ1) is 22.1. The Morgan fingerprint density at radius 3 is 2.21 bits per heavy atom. The normalized spacial score (nSPS) is 10.5. The van der Waals surface area contributed by atoms with E-state index in [1.165, 1.54) is 0 Å². The number of amides is 1. The molecule has 0 aliphatic carbocycles. The van der Waals surface area contributed by atoms with Gasteiger partial charge in [0, 0.05) is 27.8 Å². The van der Waals surface area contributed by atoms with E-state index in [0.29, 0.717) is 22.7 Å². The molecule has 0 spiro atoms. The molecule has 0 unspecified atom stereocenters. The van der Waals surface area contributed by atoms with Gasteiger partial charge in [-0.25, -0.2) is 4.79 Å². The molecule has 1 heterocycles. The molecule has 7 heteroatoms. The van der Waals surface area contributed by atoms with Gasteiger partial charge < -0.3 is 19.9 Å². The Kier molecular flexibility index (Phi) is 6.42. The summed E-state index contributed by atoms with van der Waals surface area (Å²) in [5, 5.41) is 12.2. The number of anilines is 1. The lowest BCUT2D eigenvalue weighted by atomic mass is 10.0. The van der Waals surface area contributed by atoms with Gasteiger partial charge in [-0.2, -0.15) is 0 Å². The van der Waals surface area contributed by atoms with Crippen LogP contribution in [0.5, 0.6) is 11.5 Å². The third-order valence-corrected chi connectivity index (χ3v) is 6.17. The molecule has 1 amide bonds. The van der Waals surface area contributed by atoms with E-state index < -0.39 is 5.97 Å². The number of ether oxygens (including phenoxy) is 2. The van der Waals surface area contributed by atoms with Gasteiger partial charge >= 0.3 is 5.97 Å². The molecule has 6 nitrogen and oxygen atoms in total. The van der Waals surface area contributed by atoms with Crippen LogP contribution in [0.2, 0.25) is 0 Å². The fourth-order valence-corrected chi connectivity index (χ4v) is 4.30. The van der Waals surface area contributed by atoms with Crippen LogP contribution in [-0.4, -0.2) is 31.2 Å². The lowest BCUT2D eigenvalue weighted by Crippen LogP contribution is -2.12. The average molecular weight is 460 g/mol. The molecule has 166 valence electrons. The first-order valence-electron chi connectivity index (χ1n) is 10.1. The molecule has 0 aliphatic heterocycles. The standard InChI is InChI=1S/C26H21NO5S/c1-31-19-13-18(14-20(15-19)32-2)16-6-5-7-17(12-16)25(28)27-22-9-4-3-8-21(22)23-10-11-24(33-23)26(29)30/h3-15H,1-2H3,(H,27,28)(H,29,30). The number of hydrogen-bond donors (Lipinski definition) is 2. The van der Waals surface area contributed by atoms with Crippen LogP contribution in [-0.2, 0) is 0 Å². The van der Waals surface area contributed by atoms with E-state index in [1.54, 1.807) is 50.6 Å². The Morgan fingerprint density at radius 2 is 1.55 bits per heavy atom. The Hall–Kier alpha value is -4.10. The molecule has 0 atom stereocenters. The maximum absolute atomic E-state index is 13.1. The summed E-state index contributed by atoms with van der Waals surface area (Å²) in [6, 6.07) is 23.5. The van der Waals surface area contributed by atoms with Gasteiger partial charge in [-0.15, -0.1) is 11.3 Å². The first-order chi connectivity index (χ1) is 16.0. The maximum Gasteiger partial charge on any atom is 0.345 e. The summed E-state index contributed by atoms with van der Waals surface area (Å²) in [5.74, 6) is 0.0718. The molecule has 0 radical (unpaired) electrons. The number of carbonyl (C=O) groups is 2. The summed E-state index contributed by atoms with van der Waals surface area (Å²) in [6.45, 7) is 0. The molecular formula is C26H21NO5S. The molecule has 1 aromatic heterocycles.